The van der Waals surface area contributed by atoms with Gasteiger partial charge in [0.15, 0.2) is 5.82 Å². The molecular weight excluding hydrogens is 432 g/mol. The van der Waals surface area contributed by atoms with E-state index in [1.165, 1.54) is 0 Å². The van der Waals surface area contributed by atoms with Gasteiger partial charge in [0.1, 0.15) is 5.69 Å². The first-order chi connectivity index (χ1) is 16.6. The number of hydrogen-bond acceptors (Lipinski definition) is 6. The van der Waals surface area contributed by atoms with Gasteiger partial charge in [0.2, 0.25) is 0 Å². The molecule has 170 valence electrons. The molecule has 0 aliphatic carbocycles. The van der Waals surface area contributed by atoms with E-state index in [1.54, 1.807) is 64.5 Å². The Kier molecular flexibility index (Phi) is 5.73. The Hall–Kier alpha value is -4.53. The Morgan fingerprint density at radius 2 is 1.53 bits per heavy atom. The highest BCUT2D eigenvalue weighted by Crippen LogP contribution is 2.23. The summed E-state index contributed by atoms with van der Waals surface area (Å²) in [5, 5.41) is 11.1. The lowest BCUT2D eigenvalue weighted by molar-refractivity contribution is 0.0532. The summed E-state index contributed by atoms with van der Waals surface area (Å²) in [6.45, 7) is 1.79. The van der Waals surface area contributed by atoms with Crippen LogP contribution < -0.4 is 10.9 Å². The molecule has 1 saturated heterocycles. The van der Waals surface area contributed by atoms with E-state index in [9.17, 15) is 14.4 Å². The Balaban J connectivity index is 1.28. The average Bonchev–Trinajstić information content (AvgIpc) is 2.90. The van der Waals surface area contributed by atoms with Crippen molar-refractivity contribution in [2.24, 2.45) is 0 Å². The zero-order chi connectivity index (χ0) is 23.5. The number of rotatable bonds is 4. The predicted molar refractivity (Wildman–Crippen MR) is 128 cm³/mol. The molecule has 2 amide bonds. The molecule has 0 radical (unpaired) electrons. The quantitative estimate of drug-likeness (QED) is 0.490. The number of aromatic amines is 1. The molecule has 1 fully saturated rings. The van der Waals surface area contributed by atoms with Gasteiger partial charge >= 0.3 is 0 Å². The third-order valence-corrected chi connectivity index (χ3v) is 5.81. The van der Waals surface area contributed by atoms with Crippen LogP contribution >= 0.6 is 0 Å². The van der Waals surface area contributed by atoms with Crippen molar-refractivity contribution in [2.45, 2.75) is 0 Å². The molecule has 5 rings (SSSR count). The zero-order valence-electron chi connectivity index (χ0n) is 18.3. The van der Waals surface area contributed by atoms with Crippen molar-refractivity contribution >= 4 is 34.1 Å². The highest BCUT2D eigenvalue weighted by molar-refractivity contribution is 5.97. The first-order valence-electron chi connectivity index (χ1n) is 10.9. The van der Waals surface area contributed by atoms with Crippen LogP contribution in [0.25, 0.3) is 10.8 Å². The number of pyridine rings is 1. The lowest BCUT2D eigenvalue weighted by Gasteiger charge is -2.34. The topological polar surface area (TPSA) is 111 Å². The van der Waals surface area contributed by atoms with Crippen LogP contribution in [-0.4, -0.2) is 63.0 Å². The van der Waals surface area contributed by atoms with E-state index in [0.717, 1.165) is 0 Å². The summed E-state index contributed by atoms with van der Waals surface area (Å²) in [4.78, 5) is 45.3. The molecule has 2 aromatic carbocycles. The summed E-state index contributed by atoms with van der Waals surface area (Å²) in [6.07, 6.45) is 1.60. The average molecular weight is 454 g/mol. The lowest BCUT2D eigenvalue weighted by Crippen LogP contribution is -2.50. The smallest absolute Gasteiger partial charge is 0.272 e. The van der Waals surface area contributed by atoms with Gasteiger partial charge in [-0.05, 0) is 36.4 Å². The summed E-state index contributed by atoms with van der Waals surface area (Å²) < 4.78 is 0. The van der Waals surface area contributed by atoms with Gasteiger partial charge in [0.05, 0.1) is 5.39 Å². The molecule has 1 aliphatic heterocycles. The van der Waals surface area contributed by atoms with Gasteiger partial charge in [0, 0.05) is 49.0 Å². The summed E-state index contributed by atoms with van der Waals surface area (Å²) >= 11 is 0. The van der Waals surface area contributed by atoms with Crippen LogP contribution in [-0.2, 0) is 0 Å². The Morgan fingerprint density at radius 3 is 2.26 bits per heavy atom. The minimum atomic E-state index is -0.259. The Morgan fingerprint density at radius 1 is 0.824 bits per heavy atom. The minimum Gasteiger partial charge on any atom is -0.338 e. The zero-order valence-corrected chi connectivity index (χ0v) is 18.3. The van der Waals surface area contributed by atoms with Crippen LogP contribution in [0.15, 0.2) is 77.7 Å². The maximum absolute atomic E-state index is 13.1. The van der Waals surface area contributed by atoms with E-state index < -0.39 is 0 Å². The molecule has 2 N–H and O–H groups in total. The van der Waals surface area contributed by atoms with Gasteiger partial charge in [-0.2, -0.15) is 5.10 Å². The highest BCUT2D eigenvalue weighted by Gasteiger charge is 2.26. The van der Waals surface area contributed by atoms with E-state index >= 15 is 0 Å². The molecule has 2 aromatic heterocycles. The van der Waals surface area contributed by atoms with Crippen LogP contribution in [0, 0.1) is 0 Å². The molecule has 9 nitrogen and oxygen atoms in total. The van der Waals surface area contributed by atoms with Crippen LogP contribution in [0.1, 0.15) is 20.8 Å². The van der Waals surface area contributed by atoms with E-state index in [2.05, 4.69) is 20.5 Å². The molecule has 4 aromatic rings. The number of benzene rings is 2. The highest BCUT2D eigenvalue weighted by atomic mass is 16.2. The van der Waals surface area contributed by atoms with Crippen molar-refractivity contribution in [2.75, 3.05) is 31.5 Å². The van der Waals surface area contributed by atoms with E-state index in [0.29, 0.717) is 59.7 Å². The standard InChI is InChI=1S/C25H22N6O3/c32-23-20-9-2-1-8-19(20)22(28-29-23)27-18-7-5-6-17(16-18)24(33)30-12-14-31(15-13-30)25(34)21-10-3-4-11-26-21/h1-11,16H,12-15H2,(H,27,28)(H,29,32). The fourth-order valence-corrected chi connectivity index (χ4v) is 4.02. The van der Waals surface area contributed by atoms with Gasteiger partial charge in [0.25, 0.3) is 17.4 Å². The second-order valence-corrected chi connectivity index (χ2v) is 7.95. The number of anilines is 2. The van der Waals surface area contributed by atoms with Gasteiger partial charge in [-0.25, -0.2) is 5.10 Å². The monoisotopic (exact) mass is 454 g/mol. The summed E-state index contributed by atoms with van der Waals surface area (Å²) in [6, 6.07) is 19.6. The molecule has 0 bridgehead atoms. The maximum Gasteiger partial charge on any atom is 0.272 e. The summed E-state index contributed by atoms with van der Waals surface area (Å²) in [5.41, 5.74) is 1.36. The summed E-state index contributed by atoms with van der Waals surface area (Å²) in [7, 11) is 0. The minimum absolute atomic E-state index is 0.104. The molecule has 1 aliphatic rings. The first-order valence-corrected chi connectivity index (χ1v) is 10.9. The van der Waals surface area contributed by atoms with Crippen molar-refractivity contribution in [3.8, 4) is 0 Å². The predicted octanol–water partition coefficient (Wildman–Crippen LogP) is 2.66. The van der Waals surface area contributed by atoms with Crippen molar-refractivity contribution < 1.29 is 9.59 Å². The number of aromatic nitrogens is 3. The normalized spacial score (nSPS) is 13.6. The van der Waals surface area contributed by atoms with Gasteiger partial charge in [-0.15, -0.1) is 0 Å². The molecule has 0 saturated carbocycles. The van der Waals surface area contributed by atoms with E-state index in [-0.39, 0.29) is 17.4 Å². The number of carbonyl (C=O) groups is 2. The number of fused-ring (bicyclic) bond motifs is 1. The van der Waals surface area contributed by atoms with Crippen LogP contribution in [0.3, 0.4) is 0 Å². The van der Waals surface area contributed by atoms with Crippen LogP contribution in [0.2, 0.25) is 0 Å². The molecule has 0 unspecified atom stereocenters. The molecule has 9 heteroatoms. The molecular formula is C25H22N6O3. The third kappa shape index (κ3) is 4.23. The summed E-state index contributed by atoms with van der Waals surface area (Å²) in [5.74, 6) is 0.272. The second-order valence-electron chi connectivity index (χ2n) is 7.95. The van der Waals surface area contributed by atoms with E-state index in [4.69, 9.17) is 0 Å². The Bertz CT molecular complexity index is 1410. The SMILES string of the molecule is O=C(c1cccc(Nc2n[nH]c(=O)c3ccccc23)c1)N1CCN(C(=O)c2ccccn2)CC1. The van der Waals surface area contributed by atoms with Crippen molar-refractivity contribution in [1.82, 2.24) is 25.0 Å². The van der Waals surface area contributed by atoms with Gasteiger partial charge < -0.3 is 15.1 Å². The number of hydrogen-bond donors (Lipinski definition) is 2. The lowest BCUT2D eigenvalue weighted by atomic mass is 10.1. The van der Waals surface area contributed by atoms with Crippen LogP contribution in [0.5, 0.6) is 0 Å². The number of amides is 2. The van der Waals surface area contributed by atoms with Crippen molar-refractivity contribution in [3.63, 3.8) is 0 Å². The molecule has 34 heavy (non-hydrogen) atoms. The van der Waals surface area contributed by atoms with Crippen molar-refractivity contribution in [1.29, 1.82) is 0 Å². The fraction of sp³-hybridized carbons (Fsp3) is 0.160. The number of nitrogens with zero attached hydrogens (tertiary/aromatic N) is 4. The molecule has 0 spiro atoms. The number of piperazine rings is 1. The molecule has 3 heterocycles. The fourth-order valence-electron chi connectivity index (χ4n) is 4.02. The number of H-pyrrole nitrogens is 1. The van der Waals surface area contributed by atoms with Gasteiger partial charge in [-0.3, -0.25) is 19.4 Å². The largest absolute Gasteiger partial charge is 0.338 e. The molecule has 0 atom stereocenters. The van der Waals surface area contributed by atoms with Gasteiger partial charge in [-0.1, -0.05) is 30.3 Å². The first kappa shape index (κ1) is 21.3. The third-order valence-electron chi connectivity index (χ3n) is 5.81. The second kappa shape index (κ2) is 9.14. The number of carbonyl (C=O) groups excluding carboxylic acids is 2. The number of nitrogens with one attached hydrogen (secondary N) is 2. The maximum atomic E-state index is 13.1. The van der Waals surface area contributed by atoms with E-state index in [1.807, 2.05) is 18.2 Å². The van der Waals surface area contributed by atoms with Crippen molar-refractivity contribution in [3.05, 3.63) is 94.5 Å². The van der Waals surface area contributed by atoms with Crippen LogP contribution in [0.4, 0.5) is 11.5 Å². The Labute approximate surface area is 195 Å².